The zero-order chi connectivity index (χ0) is 14.2. The number of hydrogen-bond acceptors (Lipinski definition) is 3. The highest BCUT2D eigenvalue weighted by Crippen LogP contribution is 2.32. The van der Waals surface area contributed by atoms with E-state index in [1.807, 2.05) is 27.0 Å². The van der Waals surface area contributed by atoms with Gasteiger partial charge in [-0.15, -0.1) is 0 Å². The molecule has 0 aromatic heterocycles. The summed E-state index contributed by atoms with van der Waals surface area (Å²) in [4.78, 5) is 0.451. The highest BCUT2D eigenvalue weighted by Gasteiger charge is 2.35. The van der Waals surface area contributed by atoms with E-state index >= 15 is 0 Å². The minimum atomic E-state index is -3.36. The Labute approximate surface area is 115 Å². The van der Waals surface area contributed by atoms with E-state index in [1.54, 1.807) is 13.1 Å². The summed E-state index contributed by atoms with van der Waals surface area (Å²) in [6.45, 7) is 4.52. The molecular weight excluding hydrogens is 260 g/mol. The predicted molar refractivity (Wildman–Crippen MR) is 76.7 cm³/mol. The first-order chi connectivity index (χ1) is 8.87. The smallest absolute Gasteiger partial charge is 0.243 e. The van der Waals surface area contributed by atoms with Gasteiger partial charge in [-0.3, -0.25) is 0 Å². The molecule has 19 heavy (non-hydrogen) atoms. The fourth-order valence-corrected chi connectivity index (χ4v) is 4.02. The molecule has 2 rings (SSSR count). The molecule has 1 aromatic rings. The second-order valence-corrected chi connectivity index (χ2v) is 7.28. The van der Waals surface area contributed by atoms with Crippen LogP contribution in [0.4, 0.5) is 0 Å². The molecule has 1 N–H and O–H groups in total. The summed E-state index contributed by atoms with van der Waals surface area (Å²) in [7, 11) is 0.184. The van der Waals surface area contributed by atoms with E-state index in [0.717, 1.165) is 29.5 Å². The molecule has 0 unspecified atom stereocenters. The van der Waals surface area contributed by atoms with Crippen molar-refractivity contribution in [2.75, 3.05) is 14.1 Å². The Morgan fingerprint density at radius 2 is 1.95 bits per heavy atom. The van der Waals surface area contributed by atoms with E-state index < -0.39 is 10.0 Å². The van der Waals surface area contributed by atoms with E-state index in [9.17, 15) is 8.42 Å². The van der Waals surface area contributed by atoms with Gasteiger partial charge in [-0.1, -0.05) is 6.07 Å². The first-order valence-corrected chi connectivity index (χ1v) is 8.04. The Balaban J connectivity index is 2.48. The standard InChI is InChI=1S/C14H22N2O2S/c1-10-7-12(9-15-3)8-14(11(10)2)19(17,18)16(4)13-5-6-13/h7-8,13,15H,5-6,9H2,1-4H3. The van der Waals surface area contributed by atoms with E-state index in [0.29, 0.717) is 11.4 Å². The number of hydrogen-bond donors (Lipinski definition) is 1. The van der Waals surface area contributed by atoms with Crippen LogP contribution in [0.5, 0.6) is 0 Å². The van der Waals surface area contributed by atoms with E-state index in [1.165, 1.54) is 4.31 Å². The van der Waals surface area contributed by atoms with Gasteiger partial charge in [0.25, 0.3) is 0 Å². The van der Waals surface area contributed by atoms with Crippen molar-refractivity contribution in [3.05, 3.63) is 28.8 Å². The maximum absolute atomic E-state index is 12.6. The SMILES string of the molecule is CNCc1cc(C)c(C)c(S(=O)(=O)N(C)C2CC2)c1. The molecule has 0 aliphatic heterocycles. The highest BCUT2D eigenvalue weighted by molar-refractivity contribution is 7.89. The molecular formula is C14H22N2O2S. The van der Waals surface area contributed by atoms with Crippen LogP contribution < -0.4 is 5.32 Å². The quantitative estimate of drug-likeness (QED) is 0.896. The highest BCUT2D eigenvalue weighted by atomic mass is 32.2. The number of nitrogens with zero attached hydrogens (tertiary/aromatic N) is 1. The fraction of sp³-hybridized carbons (Fsp3) is 0.571. The minimum Gasteiger partial charge on any atom is -0.316 e. The molecule has 0 atom stereocenters. The van der Waals surface area contributed by atoms with Crippen molar-refractivity contribution >= 4 is 10.0 Å². The Hall–Kier alpha value is -0.910. The largest absolute Gasteiger partial charge is 0.316 e. The lowest BCUT2D eigenvalue weighted by Crippen LogP contribution is -2.29. The summed E-state index contributed by atoms with van der Waals surface area (Å²) in [5, 5.41) is 3.07. The maximum Gasteiger partial charge on any atom is 0.243 e. The lowest BCUT2D eigenvalue weighted by molar-refractivity contribution is 0.463. The average Bonchev–Trinajstić information content (AvgIpc) is 3.16. The third kappa shape index (κ3) is 2.83. The van der Waals surface area contributed by atoms with Crippen molar-refractivity contribution in [2.45, 2.75) is 44.2 Å². The Morgan fingerprint density at radius 3 is 2.47 bits per heavy atom. The van der Waals surface area contributed by atoms with Gasteiger partial charge in [-0.2, -0.15) is 4.31 Å². The first kappa shape index (κ1) is 14.5. The van der Waals surface area contributed by atoms with Gasteiger partial charge in [0.15, 0.2) is 0 Å². The maximum atomic E-state index is 12.6. The van der Waals surface area contributed by atoms with Crippen LogP contribution in [-0.4, -0.2) is 32.9 Å². The average molecular weight is 282 g/mol. The van der Waals surface area contributed by atoms with Crippen molar-refractivity contribution in [1.82, 2.24) is 9.62 Å². The summed E-state index contributed by atoms with van der Waals surface area (Å²) in [6.07, 6.45) is 1.95. The lowest BCUT2D eigenvalue weighted by Gasteiger charge is -2.19. The van der Waals surface area contributed by atoms with Gasteiger partial charge in [0.2, 0.25) is 10.0 Å². The zero-order valence-electron chi connectivity index (χ0n) is 12.0. The molecule has 5 heteroatoms. The molecule has 0 amide bonds. The van der Waals surface area contributed by atoms with Gasteiger partial charge >= 0.3 is 0 Å². The fourth-order valence-electron chi connectivity index (χ4n) is 2.26. The van der Waals surface area contributed by atoms with E-state index in [4.69, 9.17) is 0 Å². The normalized spacial score (nSPS) is 16.1. The Kier molecular flexibility index (Phi) is 3.99. The van der Waals surface area contributed by atoms with Gasteiger partial charge in [-0.25, -0.2) is 8.42 Å². The van der Waals surface area contributed by atoms with Crippen molar-refractivity contribution in [1.29, 1.82) is 0 Å². The minimum absolute atomic E-state index is 0.192. The van der Waals surface area contributed by atoms with Gasteiger partial charge in [0.1, 0.15) is 0 Å². The summed E-state index contributed by atoms with van der Waals surface area (Å²) in [6, 6.07) is 4.03. The van der Waals surface area contributed by atoms with Crippen LogP contribution in [0, 0.1) is 13.8 Å². The van der Waals surface area contributed by atoms with Crippen LogP contribution in [-0.2, 0) is 16.6 Å². The molecule has 0 bridgehead atoms. The van der Waals surface area contributed by atoms with Crippen LogP contribution in [0.15, 0.2) is 17.0 Å². The molecule has 1 aliphatic carbocycles. The topological polar surface area (TPSA) is 49.4 Å². The van der Waals surface area contributed by atoms with Crippen molar-refractivity contribution < 1.29 is 8.42 Å². The predicted octanol–water partition coefficient (Wildman–Crippen LogP) is 1.81. The molecule has 106 valence electrons. The summed E-state index contributed by atoms with van der Waals surface area (Å²) >= 11 is 0. The van der Waals surface area contributed by atoms with Crippen LogP contribution in [0.25, 0.3) is 0 Å². The number of aryl methyl sites for hydroxylation is 1. The van der Waals surface area contributed by atoms with Gasteiger partial charge in [0, 0.05) is 19.6 Å². The van der Waals surface area contributed by atoms with Crippen molar-refractivity contribution in [3.8, 4) is 0 Å². The van der Waals surface area contributed by atoms with Crippen LogP contribution in [0.3, 0.4) is 0 Å². The number of sulfonamides is 1. The van der Waals surface area contributed by atoms with Crippen molar-refractivity contribution in [3.63, 3.8) is 0 Å². The first-order valence-electron chi connectivity index (χ1n) is 6.60. The Bertz CT molecular complexity index is 577. The summed E-state index contributed by atoms with van der Waals surface area (Å²) in [5.41, 5.74) is 2.89. The third-order valence-corrected chi connectivity index (χ3v) is 5.81. The summed E-state index contributed by atoms with van der Waals surface area (Å²) in [5.74, 6) is 0. The second kappa shape index (κ2) is 5.23. The van der Waals surface area contributed by atoms with Crippen molar-refractivity contribution in [2.24, 2.45) is 0 Å². The molecule has 0 heterocycles. The zero-order valence-corrected chi connectivity index (χ0v) is 12.8. The van der Waals surface area contributed by atoms with E-state index in [-0.39, 0.29) is 6.04 Å². The monoisotopic (exact) mass is 282 g/mol. The summed E-state index contributed by atoms with van der Waals surface area (Å²) < 4.78 is 26.8. The van der Waals surface area contributed by atoms with Crippen LogP contribution in [0.1, 0.15) is 29.5 Å². The van der Waals surface area contributed by atoms with Crippen LogP contribution in [0.2, 0.25) is 0 Å². The van der Waals surface area contributed by atoms with Gasteiger partial charge in [0.05, 0.1) is 4.90 Å². The van der Waals surface area contributed by atoms with Gasteiger partial charge in [-0.05, 0) is 56.5 Å². The Morgan fingerprint density at radius 1 is 1.32 bits per heavy atom. The number of benzene rings is 1. The molecule has 1 saturated carbocycles. The second-order valence-electron chi connectivity index (χ2n) is 5.32. The lowest BCUT2D eigenvalue weighted by atomic mass is 10.1. The number of nitrogens with one attached hydrogen (secondary N) is 1. The van der Waals surface area contributed by atoms with Crippen LogP contribution >= 0.6 is 0 Å². The molecule has 1 fully saturated rings. The molecule has 0 radical (unpaired) electrons. The van der Waals surface area contributed by atoms with Gasteiger partial charge < -0.3 is 5.32 Å². The molecule has 1 aromatic carbocycles. The van der Waals surface area contributed by atoms with E-state index in [2.05, 4.69) is 5.32 Å². The number of rotatable bonds is 5. The molecule has 0 saturated heterocycles. The third-order valence-electron chi connectivity index (χ3n) is 3.78. The molecule has 4 nitrogen and oxygen atoms in total. The molecule has 0 spiro atoms. The molecule has 1 aliphatic rings.